The van der Waals surface area contributed by atoms with Gasteiger partial charge in [0.15, 0.2) is 6.10 Å². The second-order valence-corrected chi connectivity index (χ2v) is 5.86. The van der Waals surface area contributed by atoms with Crippen LogP contribution in [0.1, 0.15) is 22.8 Å². The van der Waals surface area contributed by atoms with Gasteiger partial charge in [-0.15, -0.1) is 0 Å². The van der Waals surface area contributed by atoms with Gasteiger partial charge in [0.2, 0.25) is 0 Å². The van der Waals surface area contributed by atoms with Gasteiger partial charge in [0, 0.05) is 5.02 Å². The molecule has 5 nitrogen and oxygen atoms in total. The van der Waals surface area contributed by atoms with E-state index < -0.39 is 18.0 Å². The Hall–Kier alpha value is -2.08. The Morgan fingerprint density at radius 3 is 2.46 bits per heavy atom. The molecule has 0 aliphatic rings. The number of rotatable bonds is 5. The third kappa shape index (κ3) is 4.71. The van der Waals surface area contributed by atoms with Crippen molar-refractivity contribution in [3.63, 3.8) is 0 Å². The molecule has 2 aromatic carbocycles. The molecule has 24 heavy (non-hydrogen) atoms. The van der Waals surface area contributed by atoms with Crippen LogP contribution in [0.5, 0.6) is 0 Å². The highest BCUT2D eigenvalue weighted by molar-refractivity contribution is 6.35. The van der Waals surface area contributed by atoms with Crippen LogP contribution in [0.15, 0.2) is 42.5 Å². The molecule has 0 fully saturated rings. The van der Waals surface area contributed by atoms with Gasteiger partial charge in [-0.1, -0.05) is 35.3 Å². The Morgan fingerprint density at radius 1 is 1.17 bits per heavy atom. The zero-order valence-electron chi connectivity index (χ0n) is 12.8. The number of carbonyl (C=O) groups is 2. The van der Waals surface area contributed by atoms with Gasteiger partial charge >= 0.3 is 5.97 Å². The Kier molecular flexibility index (Phi) is 6.20. The van der Waals surface area contributed by atoms with E-state index >= 15 is 0 Å². The monoisotopic (exact) mass is 367 g/mol. The number of esters is 1. The maximum Gasteiger partial charge on any atom is 0.338 e. The highest BCUT2D eigenvalue weighted by Gasteiger charge is 2.20. The fraction of sp³-hybridized carbons (Fsp3) is 0.176. The van der Waals surface area contributed by atoms with Gasteiger partial charge in [-0.3, -0.25) is 4.79 Å². The van der Waals surface area contributed by atoms with Crippen LogP contribution in [-0.2, 0) is 16.1 Å². The molecular weight excluding hydrogens is 353 g/mol. The third-order valence-electron chi connectivity index (χ3n) is 3.21. The van der Waals surface area contributed by atoms with Crippen LogP contribution < -0.4 is 5.32 Å². The van der Waals surface area contributed by atoms with Gasteiger partial charge in [-0.25, -0.2) is 4.79 Å². The van der Waals surface area contributed by atoms with E-state index in [1.54, 1.807) is 24.3 Å². The van der Waals surface area contributed by atoms with Gasteiger partial charge in [-0.2, -0.15) is 0 Å². The summed E-state index contributed by atoms with van der Waals surface area (Å²) in [5, 5.41) is 12.3. The number of carbonyl (C=O) groups excluding carboxylic acids is 2. The number of ether oxygens (including phenoxy) is 1. The van der Waals surface area contributed by atoms with Crippen molar-refractivity contribution in [3.05, 3.63) is 63.6 Å². The first-order chi connectivity index (χ1) is 11.4. The summed E-state index contributed by atoms with van der Waals surface area (Å²) in [5.74, 6) is -1.17. The minimum absolute atomic E-state index is 0.117. The quantitative estimate of drug-likeness (QED) is 0.790. The summed E-state index contributed by atoms with van der Waals surface area (Å²) in [6.45, 7) is 1.34. The molecule has 0 saturated carbocycles. The van der Waals surface area contributed by atoms with Crippen molar-refractivity contribution in [2.75, 3.05) is 5.32 Å². The molecule has 0 saturated heterocycles. The van der Waals surface area contributed by atoms with E-state index in [0.717, 1.165) is 0 Å². The standard InChI is InChI=1S/C17H15Cl2NO4/c1-10(16(22)20-15-8-13(18)6-7-14(15)19)24-17(23)12-4-2-11(9-21)3-5-12/h2-8,10,21H,9H2,1H3,(H,20,22)/t10-/m1/s1. The van der Waals surface area contributed by atoms with E-state index in [-0.39, 0.29) is 12.2 Å². The first-order valence-corrected chi connectivity index (χ1v) is 7.83. The molecular formula is C17H15Cl2NO4. The van der Waals surface area contributed by atoms with Crippen LogP contribution in [0, 0.1) is 0 Å². The Labute approximate surface area is 149 Å². The lowest BCUT2D eigenvalue weighted by Gasteiger charge is -2.14. The Balaban J connectivity index is 1.99. The van der Waals surface area contributed by atoms with E-state index in [9.17, 15) is 9.59 Å². The van der Waals surface area contributed by atoms with Gasteiger partial charge < -0.3 is 15.2 Å². The molecule has 0 aliphatic heterocycles. The van der Waals surface area contributed by atoms with E-state index in [1.165, 1.54) is 25.1 Å². The maximum atomic E-state index is 12.1. The molecule has 2 aromatic rings. The zero-order valence-corrected chi connectivity index (χ0v) is 14.3. The summed E-state index contributed by atoms with van der Waals surface area (Å²) >= 11 is 11.8. The Morgan fingerprint density at radius 2 is 1.83 bits per heavy atom. The summed E-state index contributed by atoms with van der Waals surface area (Å²) < 4.78 is 5.12. The molecule has 0 aliphatic carbocycles. The topological polar surface area (TPSA) is 75.6 Å². The van der Waals surface area contributed by atoms with Crippen molar-refractivity contribution in [2.45, 2.75) is 19.6 Å². The normalized spacial score (nSPS) is 11.7. The van der Waals surface area contributed by atoms with Gasteiger partial charge in [0.25, 0.3) is 5.91 Å². The predicted octanol–water partition coefficient (Wildman–Crippen LogP) is 3.67. The number of hydrogen-bond donors (Lipinski definition) is 2. The third-order valence-corrected chi connectivity index (χ3v) is 3.78. The molecule has 0 radical (unpaired) electrons. The van der Waals surface area contributed by atoms with Crippen LogP contribution in [0.25, 0.3) is 0 Å². The number of halogens is 2. The number of aliphatic hydroxyl groups excluding tert-OH is 1. The molecule has 1 atom stereocenters. The molecule has 2 rings (SSSR count). The maximum absolute atomic E-state index is 12.1. The van der Waals surface area contributed by atoms with Crippen molar-refractivity contribution < 1.29 is 19.4 Å². The van der Waals surface area contributed by atoms with E-state index in [4.69, 9.17) is 33.0 Å². The molecule has 0 heterocycles. The number of benzene rings is 2. The lowest BCUT2D eigenvalue weighted by Crippen LogP contribution is -2.30. The summed E-state index contributed by atoms with van der Waals surface area (Å²) in [6, 6.07) is 10.9. The first kappa shape index (κ1) is 18.3. The fourth-order valence-corrected chi connectivity index (χ4v) is 2.19. The van der Waals surface area contributed by atoms with Gasteiger partial charge in [0.05, 0.1) is 22.9 Å². The summed E-state index contributed by atoms with van der Waals surface area (Å²) in [5.41, 5.74) is 1.30. The van der Waals surface area contributed by atoms with E-state index in [0.29, 0.717) is 21.3 Å². The number of anilines is 1. The smallest absolute Gasteiger partial charge is 0.338 e. The minimum atomic E-state index is -1.02. The van der Waals surface area contributed by atoms with Crippen LogP contribution in [0.4, 0.5) is 5.69 Å². The molecule has 126 valence electrons. The van der Waals surface area contributed by atoms with Crippen molar-refractivity contribution in [1.29, 1.82) is 0 Å². The lowest BCUT2D eigenvalue weighted by molar-refractivity contribution is -0.123. The minimum Gasteiger partial charge on any atom is -0.449 e. The van der Waals surface area contributed by atoms with Crippen molar-refractivity contribution >= 4 is 40.8 Å². The second kappa shape index (κ2) is 8.15. The van der Waals surface area contributed by atoms with Crippen LogP contribution in [-0.4, -0.2) is 23.1 Å². The highest BCUT2D eigenvalue weighted by atomic mass is 35.5. The van der Waals surface area contributed by atoms with Crippen LogP contribution in [0.3, 0.4) is 0 Å². The highest BCUT2D eigenvalue weighted by Crippen LogP contribution is 2.25. The molecule has 0 spiro atoms. The number of nitrogens with one attached hydrogen (secondary N) is 1. The fourth-order valence-electron chi connectivity index (χ4n) is 1.86. The predicted molar refractivity (Wildman–Crippen MR) is 92.3 cm³/mol. The first-order valence-electron chi connectivity index (χ1n) is 7.07. The molecule has 0 unspecified atom stereocenters. The van der Waals surface area contributed by atoms with Crippen molar-refractivity contribution in [3.8, 4) is 0 Å². The molecule has 2 N–H and O–H groups in total. The largest absolute Gasteiger partial charge is 0.449 e. The summed E-state index contributed by atoms with van der Waals surface area (Å²) in [4.78, 5) is 24.1. The van der Waals surface area contributed by atoms with Crippen molar-refractivity contribution in [2.24, 2.45) is 0 Å². The zero-order chi connectivity index (χ0) is 17.7. The van der Waals surface area contributed by atoms with Crippen molar-refractivity contribution in [1.82, 2.24) is 0 Å². The number of hydrogen-bond acceptors (Lipinski definition) is 4. The lowest BCUT2D eigenvalue weighted by atomic mass is 10.1. The molecule has 0 aromatic heterocycles. The SMILES string of the molecule is C[C@@H](OC(=O)c1ccc(CO)cc1)C(=O)Nc1cc(Cl)ccc1Cl. The van der Waals surface area contributed by atoms with Crippen LogP contribution in [0.2, 0.25) is 10.0 Å². The molecule has 7 heteroatoms. The summed E-state index contributed by atoms with van der Waals surface area (Å²) in [6.07, 6.45) is -1.02. The van der Waals surface area contributed by atoms with E-state index in [2.05, 4.69) is 5.32 Å². The van der Waals surface area contributed by atoms with Crippen LogP contribution >= 0.6 is 23.2 Å². The average Bonchev–Trinajstić information content (AvgIpc) is 2.58. The van der Waals surface area contributed by atoms with E-state index in [1.807, 2.05) is 0 Å². The Bertz CT molecular complexity index is 747. The van der Waals surface area contributed by atoms with Gasteiger partial charge in [0.1, 0.15) is 0 Å². The second-order valence-electron chi connectivity index (χ2n) is 5.02. The summed E-state index contributed by atoms with van der Waals surface area (Å²) in [7, 11) is 0. The average molecular weight is 368 g/mol. The molecule has 1 amide bonds. The number of aliphatic hydroxyl groups is 1. The molecule has 0 bridgehead atoms. The van der Waals surface area contributed by atoms with Gasteiger partial charge in [-0.05, 0) is 42.8 Å². The number of amides is 1.